The Hall–Kier alpha value is -0.910. The van der Waals surface area contributed by atoms with Gasteiger partial charge in [-0.25, -0.2) is 0 Å². The Kier molecular flexibility index (Phi) is 7.90. The van der Waals surface area contributed by atoms with Gasteiger partial charge in [-0.3, -0.25) is 0 Å². The molecule has 1 saturated heterocycles. The van der Waals surface area contributed by atoms with Gasteiger partial charge in [-0.15, -0.1) is 0 Å². The van der Waals surface area contributed by atoms with Gasteiger partial charge in [0.1, 0.15) is 24.4 Å². The van der Waals surface area contributed by atoms with Gasteiger partial charge in [-0.1, -0.05) is 6.07 Å². The van der Waals surface area contributed by atoms with E-state index in [0.717, 1.165) is 5.56 Å². The molecule has 9 nitrogen and oxygen atoms in total. The Morgan fingerprint density at radius 3 is 2.50 bits per heavy atom. The first-order chi connectivity index (χ1) is 10.8. The summed E-state index contributed by atoms with van der Waals surface area (Å²) in [4.78, 5) is 10.9. The number of hydrogen-bond donors (Lipinski definition) is 5. The average Bonchev–Trinajstić information content (AvgIpc) is 2.50. The van der Waals surface area contributed by atoms with Gasteiger partial charge < -0.3 is 45.5 Å². The van der Waals surface area contributed by atoms with Crippen LogP contribution in [0.1, 0.15) is 5.56 Å². The number of carbonyl (C=O) groups excluding carboxylic acids is 1. The SMILES string of the molecule is NCCc1ccc(O)c(O[C@@H]2O[C@H](C(=O)[O-])[C@@H](O)[C@H](O)[C@H]2O)c1.[Na+]. The maximum Gasteiger partial charge on any atom is 1.00 e. The second-order valence-electron chi connectivity index (χ2n) is 5.17. The second kappa shape index (κ2) is 8.97. The van der Waals surface area contributed by atoms with Crippen LogP contribution in [0.15, 0.2) is 18.2 Å². The summed E-state index contributed by atoms with van der Waals surface area (Å²) in [6.45, 7) is 0.366. The predicted octanol–water partition coefficient (Wildman–Crippen LogP) is -6.17. The van der Waals surface area contributed by atoms with Crippen molar-refractivity contribution in [3.05, 3.63) is 23.8 Å². The van der Waals surface area contributed by atoms with Crippen LogP contribution in [0.3, 0.4) is 0 Å². The van der Waals surface area contributed by atoms with Gasteiger partial charge in [0.25, 0.3) is 0 Å². The van der Waals surface area contributed by atoms with Crippen molar-refractivity contribution >= 4 is 5.97 Å². The van der Waals surface area contributed by atoms with Crippen molar-refractivity contribution in [1.29, 1.82) is 0 Å². The summed E-state index contributed by atoms with van der Waals surface area (Å²) in [5, 5.41) is 49.8. The van der Waals surface area contributed by atoms with Gasteiger partial charge in [-0.05, 0) is 30.7 Å². The maximum atomic E-state index is 10.9. The molecule has 1 fully saturated rings. The standard InChI is InChI=1S/C14H19NO8.Na/c15-4-3-6-1-2-7(16)8(5-6)22-14-11(19)9(17)10(18)12(23-14)13(20)21;/h1-2,5,9-12,14,16-19H,3-4,15H2,(H,20,21);/q;+1/p-1/t9-,10-,11+,12-,14+;/m0./s1. The van der Waals surface area contributed by atoms with E-state index in [4.69, 9.17) is 15.2 Å². The van der Waals surface area contributed by atoms with Crippen molar-refractivity contribution in [3.8, 4) is 11.5 Å². The summed E-state index contributed by atoms with van der Waals surface area (Å²) >= 11 is 0. The Balaban J connectivity index is 0.00000288. The summed E-state index contributed by atoms with van der Waals surface area (Å²) in [6.07, 6.45) is -8.40. The minimum atomic E-state index is -1.88. The van der Waals surface area contributed by atoms with Crippen LogP contribution in [0.4, 0.5) is 0 Å². The minimum absolute atomic E-state index is 0. The van der Waals surface area contributed by atoms with Crippen LogP contribution in [0, 0.1) is 0 Å². The fraction of sp³-hybridized carbons (Fsp3) is 0.500. The van der Waals surface area contributed by atoms with Crippen LogP contribution in [-0.4, -0.2) is 63.6 Å². The molecule has 1 aliphatic rings. The molecule has 0 aliphatic carbocycles. The molecule has 0 unspecified atom stereocenters. The molecule has 2 rings (SSSR count). The molecule has 1 aromatic carbocycles. The number of carbonyl (C=O) groups is 1. The zero-order chi connectivity index (χ0) is 17.1. The summed E-state index contributed by atoms with van der Waals surface area (Å²) in [5.74, 6) is -2.12. The molecule has 0 saturated carbocycles. The summed E-state index contributed by atoms with van der Waals surface area (Å²) in [6, 6.07) is 4.41. The quantitative estimate of drug-likeness (QED) is 0.324. The summed E-state index contributed by atoms with van der Waals surface area (Å²) in [5.41, 5.74) is 6.18. The predicted molar refractivity (Wildman–Crippen MR) is 73.2 cm³/mol. The molecule has 10 heteroatoms. The monoisotopic (exact) mass is 351 g/mol. The van der Waals surface area contributed by atoms with Gasteiger partial charge in [0.15, 0.2) is 11.5 Å². The Bertz CT molecular complexity index is 572. The summed E-state index contributed by atoms with van der Waals surface area (Å²) in [7, 11) is 0. The number of ether oxygens (including phenoxy) is 2. The number of benzene rings is 1. The van der Waals surface area contributed by atoms with Crippen molar-refractivity contribution in [2.45, 2.75) is 37.1 Å². The maximum absolute atomic E-state index is 10.9. The number of aliphatic carboxylic acids is 1. The molecule has 24 heavy (non-hydrogen) atoms. The van der Waals surface area contributed by atoms with Crippen molar-refractivity contribution < 1.29 is 69.4 Å². The molecule has 0 spiro atoms. The largest absolute Gasteiger partial charge is 1.00 e. The minimum Gasteiger partial charge on any atom is -0.547 e. The van der Waals surface area contributed by atoms with E-state index in [0.29, 0.717) is 13.0 Å². The van der Waals surface area contributed by atoms with Crippen LogP contribution < -0.4 is 45.1 Å². The van der Waals surface area contributed by atoms with Crippen molar-refractivity contribution in [2.24, 2.45) is 5.73 Å². The molecule has 5 atom stereocenters. The van der Waals surface area contributed by atoms with Gasteiger partial charge in [0.2, 0.25) is 6.29 Å². The molecule has 0 radical (unpaired) electrons. The number of phenols is 1. The third-order valence-corrected chi connectivity index (χ3v) is 3.50. The molecular weight excluding hydrogens is 333 g/mol. The van der Waals surface area contributed by atoms with E-state index < -0.39 is 36.7 Å². The van der Waals surface area contributed by atoms with E-state index in [1.807, 2.05) is 0 Å². The Morgan fingerprint density at radius 1 is 1.25 bits per heavy atom. The number of phenolic OH excluding ortho intramolecular Hbond substituents is 1. The first-order valence-corrected chi connectivity index (χ1v) is 6.94. The van der Waals surface area contributed by atoms with E-state index in [-0.39, 0.29) is 41.1 Å². The first kappa shape index (κ1) is 21.1. The van der Waals surface area contributed by atoms with E-state index in [1.165, 1.54) is 12.1 Å². The van der Waals surface area contributed by atoms with Crippen LogP contribution in [0.2, 0.25) is 0 Å². The molecule has 0 amide bonds. The fourth-order valence-electron chi connectivity index (χ4n) is 2.24. The van der Waals surface area contributed by atoms with Crippen LogP contribution in [0.25, 0.3) is 0 Å². The number of aromatic hydroxyl groups is 1. The number of hydrogen-bond acceptors (Lipinski definition) is 9. The molecule has 0 aromatic heterocycles. The molecule has 1 aromatic rings. The van der Waals surface area contributed by atoms with Gasteiger partial charge >= 0.3 is 29.6 Å². The Morgan fingerprint density at radius 2 is 1.92 bits per heavy atom. The summed E-state index contributed by atoms with van der Waals surface area (Å²) < 4.78 is 10.2. The molecule has 6 N–H and O–H groups in total. The van der Waals surface area contributed by atoms with E-state index in [9.17, 15) is 30.3 Å². The number of aliphatic hydroxyl groups excluding tert-OH is 3. The van der Waals surface area contributed by atoms with Crippen LogP contribution in [-0.2, 0) is 16.0 Å². The van der Waals surface area contributed by atoms with Crippen molar-refractivity contribution in [2.75, 3.05) is 6.54 Å². The van der Waals surface area contributed by atoms with Crippen molar-refractivity contribution in [3.63, 3.8) is 0 Å². The third kappa shape index (κ3) is 4.58. The average molecular weight is 351 g/mol. The van der Waals surface area contributed by atoms with Crippen LogP contribution in [0.5, 0.6) is 11.5 Å². The molecule has 0 bridgehead atoms. The van der Waals surface area contributed by atoms with Crippen molar-refractivity contribution in [1.82, 2.24) is 0 Å². The molecule has 128 valence electrons. The molecule has 1 heterocycles. The molecule has 1 aliphatic heterocycles. The zero-order valence-corrected chi connectivity index (χ0v) is 15.0. The van der Waals surface area contributed by atoms with E-state index in [1.54, 1.807) is 6.07 Å². The van der Waals surface area contributed by atoms with Crippen LogP contribution >= 0.6 is 0 Å². The smallest absolute Gasteiger partial charge is 0.547 e. The van der Waals surface area contributed by atoms with E-state index >= 15 is 0 Å². The normalized spacial score (nSPS) is 29.6. The Labute approximate surface area is 159 Å². The third-order valence-electron chi connectivity index (χ3n) is 3.50. The number of carboxylic acid groups (broad SMARTS) is 1. The number of rotatable bonds is 5. The first-order valence-electron chi connectivity index (χ1n) is 6.94. The van der Waals surface area contributed by atoms with Gasteiger partial charge in [-0.2, -0.15) is 0 Å². The number of nitrogens with two attached hydrogens (primary N) is 1. The van der Waals surface area contributed by atoms with Gasteiger partial charge in [0, 0.05) is 0 Å². The zero-order valence-electron chi connectivity index (χ0n) is 13.0. The number of carboxylic acids is 1. The second-order valence-corrected chi connectivity index (χ2v) is 5.17. The number of aliphatic hydroxyl groups is 3. The van der Waals surface area contributed by atoms with E-state index in [2.05, 4.69) is 0 Å². The topological polar surface area (TPSA) is 166 Å². The van der Waals surface area contributed by atoms with Gasteiger partial charge in [0.05, 0.1) is 5.97 Å². The fourth-order valence-corrected chi connectivity index (χ4v) is 2.24. The molecular formula is C14H18NNaO8.